The largest absolute Gasteiger partial charge is 0.384 e. The quantitative estimate of drug-likeness (QED) is 0.723. The predicted molar refractivity (Wildman–Crippen MR) is 47.4 cm³/mol. The molecule has 0 aliphatic rings. The zero-order valence-electron chi connectivity index (χ0n) is 8.06. The maximum absolute atomic E-state index is 11.9. The number of ether oxygens (including phenoxy) is 1. The van der Waals surface area contributed by atoms with Crippen molar-refractivity contribution >= 4 is 0 Å². The third-order valence-electron chi connectivity index (χ3n) is 1.82. The highest BCUT2D eigenvalue weighted by atomic mass is 19.1. The lowest BCUT2D eigenvalue weighted by Gasteiger charge is -2.10. The Hall–Kier alpha value is -1.01. The van der Waals surface area contributed by atoms with E-state index in [4.69, 9.17) is 4.74 Å². The molecule has 0 radical (unpaired) electrons. The molecule has 1 rings (SSSR count). The van der Waals surface area contributed by atoms with Crippen molar-refractivity contribution in [1.29, 1.82) is 0 Å². The summed E-state index contributed by atoms with van der Waals surface area (Å²) in [5, 5.41) is 17.0. The van der Waals surface area contributed by atoms with Crippen LogP contribution in [0.4, 0.5) is 4.39 Å². The number of alkyl halides is 1. The summed E-state index contributed by atoms with van der Waals surface area (Å²) in [6, 6.07) is 0. The van der Waals surface area contributed by atoms with Crippen LogP contribution in [0.15, 0.2) is 6.20 Å². The number of aliphatic hydroxyl groups is 1. The van der Waals surface area contributed by atoms with Gasteiger partial charge in [-0.3, -0.25) is 4.39 Å². The van der Waals surface area contributed by atoms with Crippen LogP contribution in [-0.2, 0) is 11.3 Å². The van der Waals surface area contributed by atoms with Crippen molar-refractivity contribution in [3.05, 3.63) is 11.9 Å². The van der Waals surface area contributed by atoms with Crippen molar-refractivity contribution in [3.63, 3.8) is 0 Å². The predicted octanol–water partition coefficient (Wildman–Crippen LogP) is 0.317. The molecule has 14 heavy (non-hydrogen) atoms. The summed E-state index contributed by atoms with van der Waals surface area (Å²) in [5.74, 6) is 0. The van der Waals surface area contributed by atoms with Gasteiger partial charge >= 0.3 is 0 Å². The molecule has 1 aromatic heterocycles. The monoisotopic (exact) mass is 203 g/mol. The molecule has 0 amide bonds. The minimum absolute atomic E-state index is 0.184. The minimum atomic E-state index is -0.755. The molecule has 1 atom stereocenters. The molecular formula is C8H14FN3O2. The van der Waals surface area contributed by atoms with E-state index in [1.807, 2.05) is 0 Å². The van der Waals surface area contributed by atoms with Crippen molar-refractivity contribution in [2.75, 3.05) is 20.4 Å². The SMILES string of the molecule is COC[C@H](O)c1cnnn1CCCF. The first-order chi connectivity index (χ1) is 6.79. The van der Waals surface area contributed by atoms with Crippen molar-refractivity contribution in [1.82, 2.24) is 15.0 Å². The molecule has 1 aromatic rings. The van der Waals surface area contributed by atoms with Gasteiger partial charge in [0.15, 0.2) is 0 Å². The van der Waals surface area contributed by atoms with Crippen LogP contribution < -0.4 is 0 Å². The molecule has 0 saturated carbocycles. The summed E-state index contributed by atoms with van der Waals surface area (Å²) >= 11 is 0. The number of hydrogen-bond acceptors (Lipinski definition) is 4. The Bertz CT molecular complexity index is 267. The number of hydrogen-bond donors (Lipinski definition) is 1. The molecular weight excluding hydrogens is 189 g/mol. The smallest absolute Gasteiger partial charge is 0.120 e. The third kappa shape index (κ3) is 2.74. The van der Waals surface area contributed by atoms with E-state index in [9.17, 15) is 9.50 Å². The van der Waals surface area contributed by atoms with E-state index in [-0.39, 0.29) is 6.61 Å². The van der Waals surface area contributed by atoms with Crippen LogP contribution in [0, 0.1) is 0 Å². The second-order valence-electron chi connectivity index (χ2n) is 2.90. The molecule has 0 aromatic carbocycles. The number of rotatable bonds is 6. The molecule has 0 unspecified atom stereocenters. The Kier molecular flexibility index (Phi) is 4.48. The van der Waals surface area contributed by atoms with Crippen molar-refractivity contribution < 1.29 is 14.2 Å². The van der Waals surface area contributed by atoms with Gasteiger partial charge in [-0.15, -0.1) is 5.10 Å². The van der Waals surface area contributed by atoms with Crippen LogP contribution in [0.1, 0.15) is 18.2 Å². The zero-order valence-corrected chi connectivity index (χ0v) is 8.06. The average molecular weight is 203 g/mol. The van der Waals surface area contributed by atoms with Crippen LogP contribution in [0.25, 0.3) is 0 Å². The molecule has 0 bridgehead atoms. The Morgan fingerprint density at radius 1 is 1.71 bits per heavy atom. The van der Waals surface area contributed by atoms with Crippen LogP contribution in [0.3, 0.4) is 0 Å². The first kappa shape index (κ1) is 11.1. The zero-order chi connectivity index (χ0) is 10.4. The lowest BCUT2D eigenvalue weighted by atomic mass is 10.3. The Morgan fingerprint density at radius 3 is 3.14 bits per heavy atom. The van der Waals surface area contributed by atoms with Gasteiger partial charge in [0, 0.05) is 13.7 Å². The topological polar surface area (TPSA) is 60.2 Å². The van der Waals surface area contributed by atoms with Crippen LogP contribution in [-0.4, -0.2) is 40.5 Å². The van der Waals surface area contributed by atoms with Gasteiger partial charge in [0.25, 0.3) is 0 Å². The van der Waals surface area contributed by atoms with Gasteiger partial charge in [-0.1, -0.05) is 5.21 Å². The molecule has 0 spiro atoms. The van der Waals surface area contributed by atoms with E-state index < -0.39 is 12.8 Å². The molecule has 5 nitrogen and oxygen atoms in total. The maximum Gasteiger partial charge on any atom is 0.120 e. The van der Waals surface area contributed by atoms with Gasteiger partial charge in [0.2, 0.25) is 0 Å². The van der Waals surface area contributed by atoms with E-state index in [1.165, 1.54) is 18.0 Å². The first-order valence-electron chi connectivity index (χ1n) is 4.41. The summed E-state index contributed by atoms with van der Waals surface area (Å²) < 4.78 is 18.2. The summed E-state index contributed by atoms with van der Waals surface area (Å²) in [4.78, 5) is 0. The van der Waals surface area contributed by atoms with Crippen molar-refractivity contribution in [2.45, 2.75) is 19.1 Å². The first-order valence-corrected chi connectivity index (χ1v) is 4.41. The standard InChI is InChI=1S/C8H14FN3O2/c1-14-6-8(13)7-5-10-11-12(7)4-2-3-9/h5,8,13H,2-4,6H2,1H3/t8-/m0/s1. The van der Waals surface area contributed by atoms with Gasteiger partial charge in [-0.25, -0.2) is 4.68 Å². The maximum atomic E-state index is 11.9. The second kappa shape index (κ2) is 5.66. The van der Waals surface area contributed by atoms with Crippen LogP contribution in [0.2, 0.25) is 0 Å². The fraction of sp³-hybridized carbons (Fsp3) is 0.750. The Morgan fingerprint density at radius 2 is 2.50 bits per heavy atom. The highest BCUT2D eigenvalue weighted by molar-refractivity contribution is 4.98. The summed E-state index contributed by atoms with van der Waals surface area (Å²) in [5.41, 5.74) is 0.556. The van der Waals surface area contributed by atoms with Gasteiger partial charge in [0.05, 0.1) is 25.2 Å². The number of aromatic nitrogens is 3. The lowest BCUT2D eigenvalue weighted by Crippen LogP contribution is -2.13. The fourth-order valence-electron chi connectivity index (χ4n) is 1.15. The molecule has 0 aliphatic carbocycles. The fourth-order valence-corrected chi connectivity index (χ4v) is 1.15. The Balaban J connectivity index is 2.61. The molecule has 80 valence electrons. The highest BCUT2D eigenvalue weighted by Crippen LogP contribution is 2.11. The van der Waals surface area contributed by atoms with Crippen LogP contribution in [0.5, 0.6) is 0 Å². The van der Waals surface area contributed by atoms with Crippen molar-refractivity contribution in [3.8, 4) is 0 Å². The number of aryl methyl sites for hydroxylation is 1. The van der Waals surface area contributed by atoms with Gasteiger partial charge < -0.3 is 9.84 Å². The molecule has 1 heterocycles. The van der Waals surface area contributed by atoms with Gasteiger partial charge in [0.1, 0.15) is 6.10 Å². The third-order valence-corrected chi connectivity index (χ3v) is 1.82. The van der Waals surface area contributed by atoms with Gasteiger partial charge in [-0.2, -0.15) is 0 Å². The normalized spacial score (nSPS) is 13.1. The number of aliphatic hydroxyl groups excluding tert-OH is 1. The summed E-state index contributed by atoms with van der Waals surface area (Å²) in [6.07, 6.45) is 1.08. The van der Waals surface area contributed by atoms with E-state index in [1.54, 1.807) is 0 Å². The molecule has 1 N–H and O–H groups in total. The van der Waals surface area contributed by atoms with E-state index in [2.05, 4.69) is 10.3 Å². The van der Waals surface area contributed by atoms with E-state index >= 15 is 0 Å². The molecule has 6 heteroatoms. The molecule has 0 aliphatic heterocycles. The van der Waals surface area contributed by atoms with E-state index in [0.29, 0.717) is 18.7 Å². The number of nitrogens with zero attached hydrogens (tertiary/aromatic N) is 3. The number of methoxy groups -OCH3 is 1. The summed E-state index contributed by atoms with van der Waals surface area (Å²) in [6.45, 7) is 0.204. The highest BCUT2D eigenvalue weighted by Gasteiger charge is 2.13. The lowest BCUT2D eigenvalue weighted by molar-refractivity contribution is 0.0584. The van der Waals surface area contributed by atoms with E-state index in [0.717, 1.165) is 0 Å². The molecule has 0 saturated heterocycles. The van der Waals surface area contributed by atoms with Crippen LogP contribution >= 0.6 is 0 Å². The Labute approximate surface area is 81.5 Å². The van der Waals surface area contributed by atoms with Gasteiger partial charge in [-0.05, 0) is 6.42 Å². The molecule has 0 fully saturated rings. The number of halogens is 1. The second-order valence-corrected chi connectivity index (χ2v) is 2.90. The summed E-state index contributed by atoms with van der Waals surface area (Å²) in [7, 11) is 1.50. The average Bonchev–Trinajstić information content (AvgIpc) is 2.63. The minimum Gasteiger partial charge on any atom is -0.384 e. The van der Waals surface area contributed by atoms with Crippen molar-refractivity contribution in [2.24, 2.45) is 0 Å².